The average Bonchev–Trinajstić information content (AvgIpc) is 3.58. The molecule has 33 heavy (non-hydrogen) atoms. The first-order chi connectivity index (χ1) is 15.6. The monoisotopic (exact) mass is 478 g/mol. The molecular weight excluding hydrogens is 450 g/mol. The molecule has 1 heterocycles. The molecule has 2 atom stereocenters. The maximum absolute atomic E-state index is 14.8. The summed E-state index contributed by atoms with van der Waals surface area (Å²) >= 11 is 0. The molecule has 2 fully saturated rings. The zero-order valence-corrected chi connectivity index (χ0v) is 19.5. The van der Waals surface area contributed by atoms with Crippen molar-refractivity contribution in [2.75, 3.05) is 19.3 Å². The summed E-state index contributed by atoms with van der Waals surface area (Å²) in [6.45, 7) is 3.59. The number of rotatable bonds is 7. The van der Waals surface area contributed by atoms with E-state index in [0.717, 1.165) is 49.6 Å². The van der Waals surface area contributed by atoms with Gasteiger partial charge in [-0.25, -0.2) is 21.9 Å². The van der Waals surface area contributed by atoms with Gasteiger partial charge in [0.15, 0.2) is 0 Å². The van der Waals surface area contributed by atoms with E-state index in [4.69, 9.17) is 4.74 Å². The van der Waals surface area contributed by atoms with Gasteiger partial charge in [-0.2, -0.15) is 0 Å². The maximum Gasteiger partial charge on any atom is 0.267 e. The van der Waals surface area contributed by atoms with Crippen molar-refractivity contribution in [3.63, 3.8) is 0 Å². The summed E-state index contributed by atoms with van der Waals surface area (Å²) in [4.78, 5) is 14.5. The topological polar surface area (TPSA) is 75.7 Å². The highest BCUT2D eigenvalue weighted by molar-refractivity contribution is 7.89. The second-order valence-corrected chi connectivity index (χ2v) is 10.7. The minimum absolute atomic E-state index is 0.0821. The van der Waals surface area contributed by atoms with E-state index in [1.165, 1.54) is 24.3 Å². The van der Waals surface area contributed by atoms with Gasteiger partial charge < -0.3 is 4.74 Å². The Morgan fingerprint density at radius 1 is 1.15 bits per heavy atom. The molecule has 1 N–H and O–H groups in total. The molecule has 1 saturated heterocycles. The van der Waals surface area contributed by atoms with Gasteiger partial charge in [-0.15, -0.1) is 0 Å². The van der Waals surface area contributed by atoms with Gasteiger partial charge in [-0.1, -0.05) is 12.1 Å². The normalized spacial score (nSPS) is 20.3. The number of benzene rings is 2. The number of hydrogen-bond acceptors (Lipinski definition) is 5. The molecule has 2 aliphatic rings. The number of nitrogens with zero attached hydrogens (tertiary/aromatic N) is 1. The summed E-state index contributed by atoms with van der Waals surface area (Å²) in [5.74, 6) is -1.49. The van der Waals surface area contributed by atoms with Gasteiger partial charge in [0.05, 0.1) is 11.8 Å². The van der Waals surface area contributed by atoms with Crippen LogP contribution < -0.4 is 9.46 Å². The predicted octanol–water partition coefficient (Wildman–Crippen LogP) is 4.14. The molecule has 1 aliphatic heterocycles. The fourth-order valence-corrected chi connectivity index (χ4v) is 4.78. The Kier molecular flexibility index (Phi) is 6.72. The lowest BCUT2D eigenvalue weighted by Gasteiger charge is -2.37. The molecule has 0 bridgehead atoms. The Labute approximate surface area is 193 Å². The van der Waals surface area contributed by atoms with E-state index in [0.29, 0.717) is 12.3 Å². The number of amides is 1. The SMILES string of the molecule is C[C@H](c1ccc(F)cc1)N1CCC[C@@H](Oc2cc(F)c(C(=O)NS(C)(=O)=O)cc2C2CC2)C1. The number of sulfonamides is 1. The van der Waals surface area contributed by atoms with E-state index in [2.05, 4.69) is 11.8 Å². The lowest BCUT2D eigenvalue weighted by molar-refractivity contribution is 0.0650. The van der Waals surface area contributed by atoms with E-state index >= 15 is 0 Å². The Morgan fingerprint density at radius 3 is 2.48 bits per heavy atom. The number of nitrogens with one attached hydrogen (secondary N) is 1. The minimum Gasteiger partial charge on any atom is -0.489 e. The average molecular weight is 479 g/mol. The number of carbonyl (C=O) groups excluding carboxylic acids is 1. The Hall–Kier alpha value is -2.52. The number of ether oxygens (including phenoxy) is 1. The molecule has 0 unspecified atom stereocenters. The highest BCUT2D eigenvalue weighted by Crippen LogP contribution is 2.45. The summed E-state index contributed by atoms with van der Waals surface area (Å²) in [5, 5.41) is 0. The largest absolute Gasteiger partial charge is 0.489 e. The maximum atomic E-state index is 14.8. The summed E-state index contributed by atoms with van der Waals surface area (Å²) in [7, 11) is -3.80. The van der Waals surface area contributed by atoms with Crippen molar-refractivity contribution in [3.05, 3.63) is 64.7 Å². The van der Waals surface area contributed by atoms with Crippen LogP contribution in [0, 0.1) is 11.6 Å². The Balaban J connectivity index is 1.51. The first-order valence-electron chi connectivity index (χ1n) is 11.1. The zero-order chi connectivity index (χ0) is 23.8. The van der Waals surface area contributed by atoms with Gasteiger partial charge in [-0.05, 0) is 74.4 Å². The van der Waals surface area contributed by atoms with Crippen molar-refractivity contribution in [3.8, 4) is 5.75 Å². The minimum atomic E-state index is -3.80. The van der Waals surface area contributed by atoms with Crippen molar-refractivity contribution in [2.45, 2.75) is 50.7 Å². The smallest absolute Gasteiger partial charge is 0.267 e. The summed E-state index contributed by atoms with van der Waals surface area (Å²) < 4.78 is 58.9. The zero-order valence-electron chi connectivity index (χ0n) is 18.7. The van der Waals surface area contributed by atoms with Gasteiger partial charge in [-0.3, -0.25) is 9.69 Å². The van der Waals surface area contributed by atoms with E-state index < -0.39 is 21.7 Å². The third kappa shape index (κ3) is 5.89. The third-order valence-electron chi connectivity index (χ3n) is 6.24. The van der Waals surface area contributed by atoms with Crippen molar-refractivity contribution < 1.29 is 26.7 Å². The molecule has 6 nitrogen and oxygen atoms in total. The summed E-state index contributed by atoms with van der Waals surface area (Å²) in [6, 6.07) is 9.18. The summed E-state index contributed by atoms with van der Waals surface area (Å²) in [6.07, 6.45) is 4.24. The molecule has 1 saturated carbocycles. The van der Waals surface area contributed by atoms with Crippen molar-refractivity contribution in [2.24, 2.45) is 0 Å². The number of halogens is 2. The van der Waals surface area contributed by atoms with Crippen LogP contribution in [0.3, 0.4) is 0 Å². The molecule has 2 aromatic rings. The molecule has 2 aromatic carbocycles. The fraction of sp³-hybridized carbons (Fsp3) is 0.458. The lowest BCUT2D eigenvalue weighted by Crippen LogP contribution is -2.42. The van der Waals surface area contributed by atoms with Crippen LogP contribution in [0.5, 0.6) is 5.75 Å². The van der Waals surface area contributed by atoms with Crippen molar-refractivity contribution in [1.82, 2.24) is 9.62 Å². The molecule has 1 amide bonds. The van der Waals surface area contributed by atoms with Gasteiger partial charge in [0, 0.05) is 18.7 Å². The van der Waals surface area contributed by atoms with Gasteiger partial charge in [0.25, 0.3) is 5.91 Å². The van der Waals surface area contributed by atoms with E-state index in [-0.39, 0.29) is 29.4 Å². The number of carbonyl (C=O) groups is 1. The van der Waals surface area contributed by atoms with Gasteiger partial charge in [0.1, 0.15) is 23.5 Å². The highest BCUT2D eigenvalue weighted by atomic mass is 32.2. The van der Waals surface area contributed by atoms with Crippen LogP contribution in [-0.4, -0.2) is 44.7 Å². The molecule has 9 heteroatoms. The molecule has 0 spiro atoms. The van der Waals surface area contributed by atoms with Gasteiger partial charge in [0.2, 0.25) is 10.0 Å². The number of likely N-dealkylation sites (tertiary alicyclic amines) is 1. The third-order valence-corrected chi connectivity index (χ3v) is 6.80. The van der Waals surface area contributed by atoms with E-state index in [1.54, 1.807) is 12.1 Å². The van der Waals surface area contributed by atoms with Gasteiger partial charge >= 0.3 is 0 Å². The Morgan fingerprint density at radius 2 is 1.85 bits per heavy atom. The highest BCUT2D eigenvalue weighted by Gasteiger charge is 2.32. The molecule has 1 aliphatic carbocycles. The Bertz CT molecular complexity index is 1130. The van der Waals surface area contributed by atoms with Crippen LogP contribution in [0.15, 0.2) is 36.4 Å². The van der Waals surface area contributed by atoms with Crippen LogP contribution >= 0.6 is 0 Å². The predicted molar refractivity (Wildman–Crippen MR) is 121 cm³/mol. The van der Waals surface area contributed by atoms with Crippen LogP contribution in [0.1, 0.15) is 66.1 Å². The standard InChI is InChI=1S/C24H28F2N2O4S/c1-15(16-7-9-18(25)10-8-16)28-11-3-4-19(14-28)32-23-13-22(26)21(12-20(23)17-5-6-17)24(29)27-33(2,30)31/h7-10,12-13,15,17,19H,3-6,11,14H2,1-2H3,(H,27,29)/t15-,19-/m1/s1. The lowest BCUT2D eigenvalue weighted by atomic mass is 10.0. The first-order valence-corrected chi connectivity index (χ1v) is 13.0. The number of piperidine rings is 1. The molecule has 0 aromatic heterocycles. The van der Waals surface area contributed by atoms with Crippen LogP contribution in [-0.2, 0) is 10.0 Å². The molecule has 4 rings (SSSR count). The van der Waals surface area contributed by atoms with Crippen LogP contribution in [0.4, 0.5) is 8.78 Å². The molecule has 178 valence electrons. The van der Waals surface area contributed by atoms with Crippen LogP contribution in [0.25, 0.3) is 0 Å². The quantitative estimate of drug-likeness (QED) is 0.648. The molecule has 0 radical (unpaired) electrons. The van der Waals surface area contributed by atoms with E-state index in [9.17, 15) is 22.0 Å². The second kappa shape index (κ2) is 9.38. The summed E-state index contributed by atoms with van der Waals surface area (Å²) in [5.41, 5.74) is 1.45. The van der Waals surface area contributed by atoms with E-state index in [1.807, 2.05) is 4.72 Å². The molecular formula is C24H28F2N2O4S. The van der Waals surface area contributed by atoms with Crippen molar-refractivity contribution >= 4 is 15.9 Å². The fourth-order valence-electron chi connectivity index (χ4n) is 4.33. The second-order valence-electron chi connectivity index (χ2n) is 8.95. The van der Waals surface area contributed by atoms with Crippen molar-refractivity contribution in [1.29, 1.82) is 0 Å². The first kappa shape index (κ1) is 23.6. The van der Waals surface area contributed by atoms with Crippen LogP contribution in [0.2, 0.25) is 0 Å². The number of hydrogen-bond donors (Lipinski definition) is 1.